The molecule has 0 saturated carbocycles. The van der Waals surface area contributed by atoms with E-state index >= 15 is 0 Å². The van der Waals surface area contributed by atoms with Crippen molar-refractivity contribution in [3.63, 3.8) is 0 Å². The third kappa shape index (κ3) is 2.16. The van der Waals surface area contributed by atoms with Crippen LogP contribution in [0.25, 0.3) is 0 Å². The normalized spacial score (nSPS) is 15.2. The van der Waals surface area contributed by atoms with Gasteiger partial charge in [-0.25, -0.2) is 0 Å². The molecule has 0 saturated heterocycles. The van der Waals surface area contributed by atoms with Crippen molar-refractivity contribution in [2.24, 2.45) is 0 Å². The molecule has 1 rings (SSSR count). The Hall–Kier alpha value is -0.800. The number of hydrogen-bond donors (Lipinski definition) is 0. The molecule has 0 aromatic heterocycles. The molecule has 0 spiro atoms. The summed E-state index contributed by atoms with van der Waals surface area (Å²) in [6.07, 6.45) is 3.43. The van der Waals surface area contributed by atoms with E-state index in [1.807, 2.05) is 20.9 Å². The summed E-state index contributed by atoms with van der Waals surface area (Å²) in [5.41, 5.74) is 1.82. The summed E-state index contributed by atoms with van der Waals surface area (Å²) in [6, 6.07) is 0. The number of nitrogens with zero attached hydrogens (tertiary/aromatic N) is 1. The second-order valence-corrected chi connectivity index (χ2v) is 3.18. The van der Waals surface area contributed by atoms with Gasteiger partial charge in [0.2, 0.25) is 0 Å². The molecule has 0 unspecified atom stereocenters. The third-order valence-corrected chi connectivity index (χ3v) is 2.76. The van der Waals surface area contributed by atoms with Gasteiger partial charge in [0.25, 0.3) is 0 Å². The lowest BCUT2D eigenvalue weighted by atomic mass is 10.1. The predicted molar refractivity (Wildman–Crippen MR) is 71.7 cm³/mol. The maximum atomic E-state index is 5.14. The summed E-state index contributed by atoms with van der Waals surface area (Å²) in [5.74, 6) is 0. The largest absolute Gasteiger partial charge is 0.326 e. The van der Waals surface area contributed by atoms with Crippen LogP contribution in [0.2, 0.25) is 0 Å². The quantitative estimate of drug-likeness (QED) is 0.664. The van der Waals surface area contributed by atoms with Gasteiger partial charge >= 0.3 is 0 Å². The molecule has 0 N–H and O–H groups in total. The Kier molecular flexibility index (Phi) is 5.50. The van der Waals surface area contributed by atoms with E-state index in [9.17, 15) is 0 Å². The molecular formula is C11H15NS2. The van der Waals surface area contributed by atoms with Crippen molar-refractivity contribution in [1.29, 1.82) is 0 Å². The van der Waals surface area contributed by atoms with Gasteiger partial charge in [-0.2, -0.15) is 0 Å². The van der Waals surface area contributed by atoms with E-state index in [0.717, 1.165) is 21.1 Å². The molecule has 1 heterocycles. The highest BCUT2D eigenvalue weighted by molar-refractivity contribution is 7.82. The van der Waals surface area contributed by atoms with Gasteiger partial charge in [-0.1, -0.05) is 63.6 Å². The molecule has 1 nitrogen and oxygen atoms in total. The SMILES string of the molecule is C=CC1=C(C=C)C(=S)N(C)C1=S.CC. The van der Waals surface area contributed by atoms with Crippen molar-refractivity contribution in [2.45, 2.75) is 13.8 Å². The lowest BCUT2D eigenvalue weighted by molar-refractivity contribution is 0.801. The summed E-state index contributed by atoms with van der Waals surface area (Å²) in [6.45, 7) is 11.4. The molecule has 76 valence electrons. The number of rotatable bonds is 2. The van der Waals surface area contributed by atoms with Crippen molar-refractivity contribution in [1.82, 2.24) is 4.90 Å². The number of likely N-dealkylation sites (N-methyl/N-ethyl adjacent to an activating group) is 1. The molecule has 0 amide bonds. The minimum Gasteiger partial charge on any atom is -0.326 e. The van der Waals surface area contributed by atoms with E-state index in [1.54, 1.807) is 17.1 Å². The van der Waals surface area contributed by atoms with Crippen LogP contribution in [0.3, 0.4) is 0 Å². The Labute approximate surface area is 96.8 Å². The van der Waals surface area contributed by atoms with Crippen LogP contribution in [-0.4, -0.2) is 21.9 Å². The Morgan fingerprint density at radius 2 is 1.29 bits per heavy atom. The molecule has 1 aliphatic rings. The minimum absolute atomic E-state index is 0.727. The van der Waals surface area contributed by atoms with Crippen LogP contribution >= 0.6 is 24.4 Å². The van der Waals surface area contributed by atoms with Crippen LogP contribution in [0.5, 0.6) is 0 Å². The first-order valence-corrected chi connectivity index (χ1v) is 5.26. The van der Waals surface area contributed by atoms with Gasteiger partial charge in [-0.3, -0.25) is 0 Å². The summed E-state index contributed by atoms with van der Waals surface area (Å²) >= 11 is 10.3. The fourth-order valence-electron chi connectivity index (χ4n) is 1.08. The Morgan fingerprint density at radius 3 is 1.50 bits per heavy atom. The molecule has 0 radical (unpaired) electrons. The van der Waals surface area contributed by atoms with Crippen molar-refractivity contribution >= 4 is 34.4 Å². The summed E-state index contributed by atoms with van der Waals surface area (Å²) in [5, 5.41) is 0. The molecule has 3 heteroatoms. The zero-order valence-corrected chi connectivity index (χ0v) is 10.5. The van der Waals surface area contributed by atoms with E-state index in [1.165, 1.54) is 0 Å². The predicted octanol–water partition coefficient (Wildman–Crippen LogP) is 3.28. The number of hydrogen-bond acceptors (Lipinski definition) is 2. The van der Waals surface area contributed by atoms with Crippen molar-refractivity contribution in [2.75, 3.05) is 7.05 Å². The highest BCUT2D eigenvalue weighted by Gasteiger charge is 2.25. The van der Waals surface area contributed by atoms with E-state index < -0.39 is 0 Å². The van der Waals surface area contributed by atoms with Crippen LogP contribution in [-0.2, 0) is 0 Å². The lowest BCUT2D eigenvalue weighted by Crippen LogP contribution is -2.23. The highest BCUT2D eigenvalue weighted by Crippen LogP contribution is 2.23. The molecule has 0 aromatic rings. The third-order valence-electron chi connectivity index (χ3n) is 1.77. The highest BCUT2D eigenvalue weighted by atomic mass is 32.1. The van der Waals surface area contributed by atoms with E-state index in [2.05, 4.69) is 13.2 Å². The Bertz CT molecular complexity index is 283. The fourth-order valence-corrected chi connectivity index (χ4v) is 1.71. The molecule has 14 heavy (non-hydrogen) atoms. The smallest absolute Gasteiger partial charge is 0.114 e. The van der Waals surface area contributed by atoms with Crippen LogP contribution < -0.4 is 0 Å². The standard InChI is InChI=1S/C9H9NS2.C2H6/c1-4-6-7(5-2)9(12)10(3)8(6)11;1-2/h4-5H,1-2H2,3H3;1-2H3. The second kappa shape index (κ2) is 5.83. The van der Waals surface area contributed by atoms with Crippen molar-refractivity contribution < 1.29 is 0 Å². The Morgan fingerprint density at radius 1 is 1.00 bits per heavy atom. The summed E-state index contributed by atoms with van der Waals surface area (Å²) < 4.78 is 0. The maximum absolute atomic E-state index is 5.14. The van der Waals surface area contributed by atoms with Crippen LogP contribution in [0.15, 0.2) is 36.5 Å². The number of thiocarbonyl (C=S) groups is 2. The summed E-state index contributed by atoms with van der Waals surface area (Å²) in [7, 11) is 1.85. The topological polar surface area (TPSA) is 3.24 Å². The molecule has 1 aliphatic heterocycles. The average molecular weight is 225 g/mol. The van der Waals surface area contributed by atoms with Gasteiger partial charge in [0.1, 0.15) is 9.98 Å². The van der Waals surface area contributed by atoms with Crippen molar-refractivity contribution in [3.8, 4) is 0 Å². The van der Waals surface area contributed by atoms with E-state index in [0.29, 0.717) is 0 Å². The molecule has 0 aliphatic carbocycles. The first kappa shape index (κ1) is 13.2. The molecule has 0 atom stereocenters. The fraction of sp³-hybridized carbons (Fsp3) is 0.273. The van der Waals surface area contributed by atoms with Gasteiger partial charge in [0, 0.05) is 18.2 Å². The van der Waals surface area contributed by atoms with Crippen LogP contribution in [0, 0.1) is 0 Å². The molecular weight excluding hydrogens is 210 g/mol. The van der Waals surface area contributed by atoms with Crippen molar-refractivity contribution in [3.05, 3.63) is 36.5 Å². The van der Waals surface area contributed by atoms with Gasteiger partial charge in [0.05, 0.1) is 0 Å². The van der Waals surface area contributed by atoms with Crippen LogP contribution in [0.1, 0.15) is 13.8 Å². The lowest BCUT2D eigenvalue weighted by Gasteiger charge is -2.10. The maximum Gasteiger partial charge on any atom is 0.114 e. The van der Waals surface area contributed by atoms with Gasteiger partial charge in [-0.05, 0) is 0 Å². The van der Waals surface area contributed by atoms with Gasteiger partial charge in [0.15, 0.2) is 0 Å². The van der Waals surface area contributed by atoms with E-state index in [-0.39, 0.29) is 0 Å². The minimum atomic E-state index is 0.727. The van der Waals surface area contributed by atoms with Gasteiger partial charge in [-0.15, -0.1) is 0 Å². The first-order chi connectivity index (χ1) is 6.63. The summed E-state index contributed by atoms with van der Waals surface area (Å²) in [4.78, 5) is 3.24. The monoisotopic (exact) mass is 225 g/mol. The zero-order valence-electron chi connectivity index (χ0n) is 8.83. The molecule has 0 bridgehead atoms. The van der Waals surface area contributed by atoms with Gasteiger partial charge < -0.3 is 4.90 Å². The molecule has 0 aromatic carbocycles. The van der Waals surface area contributed by atoms with E-state index in [4.69, 9.17) is 24.4 Å². The first-order valence-electron chi connectivity index (χ1n) is 4.45. The second-order valence-electron chi connectivity index (χ2n) is 2.40. The van der Waals surface area contributed by atoms with Crippen LogP contribution in [0.4, 0.5) is 0 Å². The Balaban J connectivity index is 0.000000791. The average Bonchev–Trinajstić information content (AvgIpc) is 2.44. The zero-order chi connectivity index (χ0) is 11.3. The molecule has 0 fully saturated rings.